The van der Waals surface area contributed by atoms with E-state index in [0.29, 0.717) is 6.54 Å². The second-order valence-corrected chi connectivity index (χ2v) is 8.58. The molecule has 128 valence electrons. The van der Waals surface area contributed by atoms with Crippen molar-refractivity contribution in [2.75, 3.05) is 25.9 Å². The quantitative estimate of drug-likeness (QED) is 0.871. The molecule has 2 atom stereocenters. The number of pyridine rings is 1. The molecule has 3 heterocycles. The van der Waals surface area contributed by atoms with Crippen LogP contribution in [0.2, 0.25) is 0 Å². The lowest BCUT2D eigenvalue weighted by atomic mass is 9.90. The number of aromatic nitrogens is 1. The monoisotopic (exact) mass is 339 g/mol. The van der Waals surface area contributed by atoms with Crippen molar-refractivity contribution in [3.05, 3.63) is 30.1 Å². The van der Waals surface area contributed by atoms with Crippen molar-refractivity contribution in [1.29, 1.82) is 0 Å². The molecular weight excluding hydrogens is 314 g/mol. The molecule has 23 heavy (non-hydrogen) atoms. The summed E-state index contributed by atoms with van der Waals surface area (Å²) in [5, 5.41) is 0. The van der Waals surface area contributed by atoms with Crippen molar-refractivity contribution in [1.82, 2.24) is 14.6 Å². The molecule has 0 unspecified atom stereocenters. The largest absolute Gasteiger partial charge is 0.369 e. The maximum atomic E-state index is 11.3. The van der Waals surface area contributed by atoms with Crippen molar-refractivity contribution in [3.63, 3.8) is 0 Å². The van der Waals surface area contributed by atoms with Gasteiger partial charge in [0.15, 0.2) is 0 Å². The molecule has 2 aliphatic rings. The van der Waals surface area contributed by atoms with Gasteiger partial charge in [-0.25, -0.2) is 13.1 Å². The molecule has 0 bridgehead atoms. The second kappa shape index (κ2) is 6.84. The average molecular weight is 339 g/mol. The van der Waals surface area contributed by atoms with Gasteiger partial charge >= 0.3 is 0 Å². The summed E-state index contributed by atoms with van der Waals surface area (Å²) in [7, 11) is -3.16. The van der Waals surface area contributed by atoms with Crippen LogP contribution in [0, 0.1) is 0 Å². The van der Waals surface area contributed by atoms with E-state index in [4.69, 9.17) is 4.74 Å². The summed E-state index contributed by atoms with van der Waals surface area (Å²) < 4.78 is 31.4. The standard InChI is InChI=1S/C16H25N3O3S/c1-23(20,21)18-11-15-3-2-6-16(22-15)7-10-19(13-16)12-14-4-8-17-9-5-14/h4-5,8-9,15,18H,2-3,6-7,10-13H2,1H3/t15-,16-/m1/s1. The lowest BCUT2D eigenvalue weighted by molar-refractivity contribution is -0.118. The van der Waals surface area contributed by atoms with Crippen molar-refractivity contribution in [2.24, 2.45) is 0 Å². The molecule has 2 saturated heterocycles. The van der Waals surface area contributed by atoms with E-state index in [1.165, 1.54) is 11.8 Å². The van der Waals surface area contributed by atoms with Crippen LogP contribution < -0.4 is 4.72 Å². The SMILES string of the molecule is CS(=O)(=O)NC[C@H]1CCC[C@]2(CCN(Cc3ccncc3)C2)O1. The molecule has 1 aromatic rings. The van der Waals surface area contributed by atoms with Gasteiger partial charge in [0.1, 0.15) is 0 Å². The summed E-state index contributed by atoms with van der Waals surface area (Å²) in [6.45, 7) is 3.24. The highest BCUT2D eigenvalue weighted by Gasteiger charge is 2.42. The minimum absolute atomic E-state index is 0.0145. The molecule has 3 rings (SSSR count). The van der Waals surface area contributed by atoms with E-state index >= 15 is 0 Å². The molecule has 1 spiro atoms. The molecule has 0 aliphatic carbocycles. The van der Waals surface area contributed by atoms with Crippen LogP contribution in [-0.2, 0) is 21.3 Å². The van der Waals surface area contributed by atoms with E-state index in [1.807, 2.05) is 24.5 Å². The molecule has 6 nitrogen and oxygen atoms in total. The van der Waals surface area contributed by atoms with Crippen LogP contribution in [0.4, 0.5) is 0 Å². The lowest BCUT2D eigenvalue weighted by Gasteiger charge is -2.38. The van der Waals surface area contributed by atoms with Crippen molar-refractivity contribution >= 4 is 10.0 Å². The minimum Gasteiger partial charge on any atom is -0.369 e. The minimum atomic E-state index is -3.16. The zero-order valence-corrected chi connectivity index (χ0v) is 14.4. The van der Waals surface area contributed by atoms with Gasteiger partial charge in [0.2, 0.25) is 10.0 Å². The summed E-state index contributed by atoms with van der Waals surface area (Å²) in [5.41, 5.74) is 1.16. The summed E-state index contributed by atoms with van der Waals surface area (Å²) >= 11 is 0. The topological polar surface area (TPSA) is 71.5 Å². The van der Waals surface area contributed by atoms with E-state index in [2.05, 4.69) is 14.6 Å². The number of sulfonamides is 1. The molecule has 0 aromatic carbocycles. The fourth-order valence-electron chi connectivity index (χ4n) is 3.62. The fourth-order valence-corrected chi connectivity index (χ4v) is 4.11. The van der Waals surface area contributed by atoms with Gasteiger partial charge in [-0.15, -0.1) is 0 Å². The van der Waals surface area contributed by atoms with Crippen molar-refractivity contribution in [3.8, 4) is 0 Å². The van der Waals surface area contributed by atoms with Crippen LogP contribution in [-0.4, -0.2) is 55.9 Å². The number of likely N-dealkylation sites (tertiary alicyclic amines) is 1. The Kier molecular flexibility index (Phi) is 5.01. The van der Waals surface area contributed by atoms with E-state index in [1.54, 1.807) is 0 Å². The van der Waals surface area contributed by atoms with E-state index in [0.717, 1.165) is 45.3 Å². The third kappa shape index (κ3) is 4.73. The zero-order valence-electron chi connectivity index (χ0n) is 13.6. The van der Waals surface area contributed by atoms with Crippen LogP contribution in [0.3, 0.4) is 0 Å². The lowest BCUT2D eigenvalue weighted by Crippen LogP contribution is -2.46. The molecule has 1 aromatic heterocycles. The van der Waals surface area contributed by atoms with Gasteiger partial charge in [0.25, 0.3) is 0 Å². The number of rotatable bonds is 5. The van der Waals surface area contributed by atoms with Crippen LogP contribution >= 0.6 is 0 Å². The van der Waals surface area contributed by atoms with Gasteiger partial charge < -0.3 is 4.74 Å². The number of nitrogens with one attached hydrogen (secondary N) is 1. The maximum Gasteiger partial charge on any atom is 0.208 e. The Balaban J connectivity index is 1.55. The normalized spacial score (nSPS) is 29.2. The van der Waals surface area contributed by atoms with E-state index in [9.17, 15) is 8.42 Å². The Morgan fingerprint density at radius 2 is 2.17 bits per heavy atom. The molecular formula is C16H25N3O3S. The third-order valence-corrected chi connectivity index (χ3v) is 5.39. The molecule has 2 aliphatic heterocycles. The maximum absolute atomic E-state index is 11.3. The van der Waals surface area contributed by atoms with Gasteiger partial charge in [-0.1, -0.05) is 0 Å². The Bertz CT molecular complexity index is 623. The Morgan fingerprint density at radius 3 is 2.91 bits per heavy atom. The summed E-state index contributed by atoms with van der Waals surface area (Å²) in [6.07, 6.45) is 8.93. The molecule has 0 saturated carbocycles. The van der Waals surface area contributed by atoms with Gasteiger partial charge in [0, 0.05) is 38.6 Å². The zero-order chi connectivity index (χ0) is 16.3. The highest BCUT2D eigenvalue weighted by molar-refractivity contribution is 7.88. The first-order valence-corrected chi connectivity index (χ1v) is 10.1. The van der Waals surface area contributed by atoms with Crippen molar-refractivity contribution < 1.29 is 13.2 Å². The molecule has 7 heteroatoms. The summed E-state index contributed by atoms with van der Waals surface area (Å²) in [4.78, 5) is 6.47. The first kappa shape index (κ1) is 16.8. The van der Waals surface area contributed by atoms with Crippen LogP contribution in [0.5, 0.6) is 0 Å². The molecule has 1 N–H and O–H groups in total. The smallest absolute Gasteiger partial charge is 0.208 e. The van der Waals surface area contributed by atoms with Gasteiger partial charge in [-0.2, -0.15) is 0 Å². The van der Waals surface area contributed by atoms with Gasteiger partial charge in [0.05, 0.1) is 18.0 Å². The first-order valence-electron chi connectivity index (χ1n) is 8.18. The Hall–Kier alpha value is -1.02. The Morgan fingerprint density at radius 1 is 1.39 bits per heavy atom. The predicted octanol–water partition coefficient (Wildman–Crippen LogP) is 1.14. The predicted molar refractivity (Wildman–Crippen MR) is 88.4 cm³/mol. The summed E-state index contributed by atoms with van der Waals surface area (Å²) in [5.74, 6) is 0. The highest BCUT2D eigenvalue weighted by atomic mass is 32.2. The van der Waals surface area contributed by atoms with Crippen LogP contribution in [0.15, 0.2) is 24.5 Å². The van der Waals surface area contributed by atoms with Crippen LogP contribution in [0.25, 0.3) is 0 Å². The molecule has 0 amide bonds. The second-order valence-electron chi connectivity index (χ2n) is 6.75. The molecule has 0 radical (unpaired) electrons. The third-order valence-electron chi connectivity index (χ3n) is 4.70. The van der Waals surface area contributed by atoms with E-state index < -0.39 is 10.0 Å². The first-order chi connectivity index (χ1) is 10.9. The number of hydrogen-bond acceptors (Lipinski definition) is 5. The highest BCUT2D eigenvalue weighted by Crippen LogP contribution is 2.37. The van der Waals surface area contributed by atoms with Crippen molar-refractivity contribution in [2.45, 2.75) is 43.9 Å². The number of nitrogens with zero attached hydrogens (tertiary/aromatic N) is 2. The van der Waals surface area contributed by atoms with Gasteiger partial charge in [-0.3, -0.25) is 9.88 Å². The van der Waals surface area contributed by atoms with Gasteiger partial charge in [-0.05, 0) is 43.4 Å². The average Bonchev–Trinajstić information content (AvgIpc) is 2.88. The Labute approximate surface area is 138 Å². The molecule has 2 fully saturated rings. The fraction of sp³-hybridized carbons (Fsp3) is 0.688. The number of ether oxygens (including phenoxy) is 1. The summed E-state index contributed by atoms with van der Waals surface area (Å²) in [6, 6.07) is 4.09. The van der Waals surface area contributed by atoms with E-state index in [-0.39, 0.29) is 11.7 Å². The number of hydrogen-bond donors (Lipinski definition) is 1. The van der Waals surface area contributed by atoms with Crippen LogP contribution in [0.1, 0.15) is 31.2 Å².